The summed E-state index contributed by atoms with van der Waals surface area (Å²) in [6.45, 7) is 0. The number of anilines is 1. The Morgan fingerprint density at radius 3 is 2.05 bits per heavy atom. The van der Waals surface area contributed by atoms with Gasteiger partial charge in [-0.05, 0) is 36.4 Å². The molecule has 2 rings (SSSR count). The Kier molecular flexibility index (Phi) is 4.72. The summed E-state index contributed by atoms with van der Waals surface area (Å²) in [5, 5.41) is 9.32. The van der Waals surface area contributed by atoms with Crippen molar-refractivity contribution in [2.75, 3.05) is 11.4 Å². The van der Waals surface area contributed by atoms with E-state index in [9.17, 15) is 13.5 Å². The molecule has 0 spiro atoms. The standard InChI is InChI=1S/C13H10BrCl2NO3S/c1-17(9-2-4-10(18)5-3-9)21(19,20)13-11(15)6-8(14)7-12(13)16/h2-7,18H,1H3. The van der Waals surface area contributed by atoms with Crippen LogP contribution in [0, 0.1) is 0 Å². The van der Waals surface area contributed by atoms with Crippen LogP contribution >= 0.6 is 39.1 Å². The molecule has 8 heteroatoms. The maximum Gasteiger partial charge on any atom is 0.267 e. The van der Waals surface area contributed by atoms with Crippen LogP contribution in [0.5, 0.6) is 5.75 Å². The monoisotopic (exact) mass is 409 g/mol. The molecule has 0 aliphatic rings. The molecule has 21 heavy (non-hydrogen) atoms. The molecule has 0 heterocycles. The Morgan fingerprint density at radius 2 is 1.57 bits per heavy atom. The van der Waals surface area contributed by atoms with E-state index >= 15 is 0 Å². The predicted octanol–water partition coefficient (Wildman–Crippen LogP) is 4.29. The van der Waals surface area contributed by atoms with Gasteiger partial charge in [0.05, 0.1) is 15.7 Å². The second kappa shape index (κ2) is 6.04. The quantitative estimate of drug-likeness (QED) is 0.821. The van der Waals surface area contributed by atoms with Crippen molar-refractivity contribution < 1.29 is 13.5 Å². The lowest BCUT2D eigenvalue weighted by Crippen LogP contribution is -2.27. The van der Waals surface area contributed by atoms with Gasteiger partial charge >= 0.3 is 0 Å². The first-order valence-corrected chi connectivity index (χ1v) is 8.65. The van der Waals surface area contributed by atoms with Gasteiger partial charge in [-0.25, -0.2) is 8.42 Å². The summed E-state index contributed by atoms with van der Waals surface area (Å²) in [6, 6.07) is 8.68. The van der Waals surface area contributed by atoms with Gasteiger partial charge in [-0.2, -0.15) is 0 Å². The lowest BCUT2D eigenvalue weighted by atomic mass is 10.3. The van der Waals surface area contributed by atoms with E-state index in [1.54, 1.807) is 0 Å². The Bertz CT molecular complexity index is 755. The fraction of sp³-hybridized carbons (Fsp3) is 0.0769. The predicted molar refractivity (Wildman–Crippen MR) is 87.9 cm³/mol. The number of halogens is 3. The van der Waals surface area contributed by atoms with Gasteiger partial charge < -0.3 is 5.11 Å². The highest BCUT2D eigenvalue weighted by atomic mass is 79.9. The third-order valence-electron chi connectivity index (χ3n) is 2.79. The molecule has 0 bridgehead atoms. The number of hydrogen-bond donors (Lipinski definition) is 1. The highest BCUT2D eigenvalue weighted by molar-refractivity contribution is 9.10. The molecular formula is C13H10BrCl2NO3S. The zero-order valence-electron chi connectivity index (χ0n) is 10.7. The summed E-state index contributed by atoms with van der Waals surface area (Å²) in [5.74, 6) is 0.0456. The molecule has 0 radical (unpaired) electrons. The van der Waals surface area contributed by atoms with Crippen LogP contribution in [0.1, 0.15) is 0 Å². The van der Waals surface area contributed by atoms with Gasteiger partial charge in [0.15, 0.2) is 0 Å². The van der Waals surface area contributed by atoms with Gasteiger partial charge in [0.25, 0.3) is 10.0 Å². The molecule has 1 N–H and O–H groups in total. The number of sulfonamides is 1. The molecule has 0 saturated carbocycles. The maximum atomic E-state index is 12.6. The van der Waals surface area contributed by atoms with Crippen LogP contribution in [0.3, 0.4) is 0 Å². The molecule has 0 fully saturated rings. The zero-order valence-corrected chi connectivity index (χ0v) is 14.6. The SMILES string of the molecule is CN(c1ccc(O)cc1)S(=O)(=O)c1c(Cl)cc(Br)cc1Cl. The topological polar surface area (TPSA) is 57.6 Å². The van der Waals surface area contributed by atoms with E-state index in [4.69, 9.17) is 23.2 Å². The first-order valence-electron chi connectivity index (χ1n) is 5.66. The van der Waals surface area contributed by atoms with Crippen molar-refractivity contribution >= 4 is 54.8 Å². The fourth-order valence-corrected chi connectivity index (χ4v) is 4.79. The van der Waals surface area contributed by atoms with Crippen LogP contribution in [0.4, 0.5) is 5.69 Å². The first-order chi connectivity index (χ1) is 9.73. The van der Waals surface area contributed by atoms with Crippen molar-refractivity contribution in [3.8, 4) is 5.75 Å². The van der Waals surface area contributed by atoms with Crippen molar-refractivity contribution in [3.05, 3.63) is 50.9 Å². The van der Waals surface area contributed by atoms with E-state index in [1.165, 1.54) is 43.4 Å². The number of phenols is 1. The molecule has 4 nitrogen and oxygen atoms in total. The van der Waals surface area contributed by atoms with Crippen LogP contribution in [-0.4, -0.2) is 20.6 Å². The molecule has 0 amide bonds. The summed E-state index contributed by atoms with van der Waals surface area (Å²) in [5.41, 5.74) is 0.378. The molecule has 0 atom stereocenters. The van der Waals surface area contributed by atoms with Crippen molar-refractivity contribution in [3.63, 3.8) is 0 Å². The molecule has 0 saturated heterocycles. The normalized spacial score (nSPS) is 11.4. The third-order valence-corrected chi connectivity index (χ3v) is 5.96. The molecule has 0 aromatic heterocycles. The average Bonchev–Trinajstić information content (AvgIpc) is 2.37. The van der Waals surface area contributed by atoms with Gasteiger partial charge in [-0.1, -0.05) is 39.1 Å². The summed E-state index contributed by atoms with van der Waals surface area (Å²) >= 11 is 15.2. The van der Waals surface area contributed by atoms with Crippen molar-refractivity contribution in [2.24, 2.45) is 0 Å². The molecular weight excluding hydrogens is 401 g/mol. The summed E-state index contributed by atoms with van der Waals surface area (Å²) < 4.78 is 26.9. The Labute approximate surface area is 141 Å². The Morgan fingerprint density at radius 1 is 1.10 bits per heavy atom. The molecule has 0 aliphatic heterocycles. The number of phenolic OH excluding ortho intramolecular Hbond substituents is 1. The molecule has 112 valence electrons. The van der Waals surface area contributed by atoms with Gasteiger partial charge in [-0.15, -0.1) is 0 Å². The van der Waals surface area contributed by atoms with Crippen molar-refractivity contribution in [1.29, 1.82) is 0 Å². The summed E-state index contributed by atoms with van der Waals surface area (Å²) in [7, 11) is -2.53. The number of hydrogen-bond acceptors (Lipinski definition) is 3. The minimum absolute atomic E-state index is 0.0278. The number of aromatic hydroxyl groups is 1. The van der Waals surface area contributed by atoms with E-state index in [0.717, 1.165) is 4.31 Å². The summed E-state index contributed by atoms with van der Waals surface area (Å²) in [4.78, 5) is -0.162. The van der Waals surface area contributed by atoms with Crippen LogP contribution < -0.4 is 4.31 Å². The van der Waals surface area contributed by atoms with Gasteiger partial charge in [-0.3, -0.25) is 4.31 Å². The maximum absolute atomic E-state index is 12.6. The van der Waals surface area contributed by atoms with E-state index in [2.05, 4.69) is 15.9 Å². The smallest absolute Gasteiger partial charge is 0.267 e. The molecule has 2 aromatic rings. The van der Waals surface area contributed by atoms with E-state index in [0.29, 0.717) is 10.2 Å². The Hall–Kier alpha value is -0.950. The second-order valence-corrected chi connectivity index (χ2v) is 7.82. The van der Waals surface area contributed by atoms with Gasteiger partial charge in [0.1, 0.15) is 10.6 Å². The zero-order chi connectivity index (χ0) is 15.8. The lowest BCUT2D eigenvalue weighted by Gasteiger charge is -2.21. The van der Waals surface area contributed by atoms with Gasteiger partial charge in [0.2, 0.25) is 0 Å². The third kappa shape index (κ3) is 3.29. The number of rotatable bonds is 3. The number of benzene rings is 2. The van der Waals surface area contributed by atoms with E-state index in [-0.39, 0.29) is 20.7 Å². The van der Waals surface area contributed by atoms with Crippen LogP contribution in [0.25, 0.3) is 0 Å². The lowest BCUT2D eigenvalue weighted by molar-refractivity contribution is 0.475. The number of nitrogens with zero attached hydrogens (tertiary/aromatic N) is 1. The largest absolute Gasteiger partial charge is 0.508 e. The van der Waals surface area contributed by atoms with Crippen molar-refractivity contribution in [1.82, 2.24) is 0 Å². The van der Waals surface area contributed by atoms with Crippen molar-refractivity contribution in [2.45, 2.75) is 4.90 Å². The molecule has 0 aliphatic carbocycles. The first kappa shape index (κ1) is 16.4. The minimum Gasteiger partial charge on any atom is -0.508 e. The second-order valence-electron chi connectivity index (χ2n) is 4.19. The molecule has 0 unspecified atom stereocenters. The summed E-state index contributed by atoms with van der Waals surface area (Å²) in [6.07, 6.45) is 0. The fourth-order valence-electron chi connectivity index (χ4n) is 1.71. The van der Waals surface area contributed by atoms with Gasteiger partial charge in [0, 0.05) is 11.5 Å². The van der Waals surface area contributed by atoms with E-state index in [1.807, 2.05) is 0 Å². The van der Waals surface area contributed by atoms with E-state index < -0.39 is 10.0 Å². The highest BCUT2D eigenvalue weighted by Crippen LogP contribution is 2.35. The highest BCUT2D eigenvalue weighted by Gasteiger charge is 2.27. The molecule has 2 aromatic carbocycles. The minimum atomic E-state index is -3.92. The van der Waals surface area contributed by atoms with Crippen LogP contribution in [0.15, 0.2) is 45.8 Å². The Balaban J connectivity index is 2.54. The van der Waals surface area contributed by atoms with Crippen LogP contribution in [0.2, 0.25) is 10.0 Å². The van der Waals surface area contributed by atoms with Crippen LogP contribution in [-0.2, 0) is 10.0 Å². The average molecular weight is 411 g/mol.